The molecule has 0 fully saturated rings. The Kier molecular flexibility index (Phi) is 4.93. The molecule has 3 aromatic rings. The number of halogens is 2. The number of amides is 1. The summed E-state index contributed by atoms with van der Waals surface area (Å²) in [6.45, 7) is 0.137. The molecule has 0 unspecified atom stereocenters. The van der Waals surface area contributed by atoms with Crippen LogP contribution in [0.4, 0.5) is 8.78 Å². The summed E-state index contributed by atoms with van der Waals surface area (Å²) in [5, 5.41) is 9.02. The Morgan fingerprint density at radius 1 is 1.24 bits per heavy atom. The van der Waals surface area contributed by atoms with Gasteiger partial charge >= 0.3 is 0 Å². The summed E-state index contributed by atoms with van der Waals surface area (Å²) in [7, 11) is 0. The molecule has 0 spiro atoms. The van der Waals surface area contributed by atoms with Crippen molar-refractivity contribution in [3.8, 4) is 5.75 Å². The lowest BCUT2D eigenvalue weighted by molar-refractivity contribution is 0.0940. The highest BCUT2D eigenvalue weighted by Crippen LogP contribution is 2.10. The molecular weight excluding hydrogens is 332 g/mol. The Morgan fingerprint density at radius 2 is 2.04 bits per heavy atom. The molecule has 3 rings (SSSR count). The number of nitrogens with one attached hydrogen (secondary N) is 2. The van der Waals surface area contributed by atoms with Crippen molar-refractivity contribution in [2.45, 2.75) is 13.2 Å². The number of rotatable bonds is 6. The van der Waals surface area contributed by atoms with Crippen LogP contribution in [-0.2, 0) is 13.2 Å². The van der Waals surface area contributed by atoms with E-state index in [1.165, 1.54) is 0 Å². The van der Waals surface area contributed by atoms with Crippen LogP contribution in [0.3, 0.4) is 0 Å². The van der Waals surface area contributed by atoms with Gasteiger partial charge in [0.15, 0.2) is 23.2 Å². The molecule has 1 aromatic carbocycles. The molecule has 0 saturated heterocycles. The third-order valence-corrected chi connectivity index (χ3v) is 3.13. The molecule has 0 aliphatic carbocycles. The van der Waals surface area contributed by atoms with Crippen molar-refractivity contribution in [3.05, 3.63) is 71.6 Å². The molecule has 1 amide bonds. The fraction of sp³-hybridized carbons (Fsp3) is 0.125. The average molecular weight is 345 g/mol. The Balaban J connectivity index is 1.53. The number of aromatic nitrogens is 4. The fourth-order valence-electron chi connectivity index (χ4n) is 1.97. The average Bonchev–Trinajstić information content (AvgIpc) is 3.07. The van der Waals surface area contributed by atoms with E-state index in [0.717, 1.165) is 6.20 Å². The minimum Gasteiger partial charge on any atom is -0.486 e. The molecule has 0 radical (unpaired) electrons. The lowest BCUT2D eigenvalue weighted by Gasteiger charge is -2.03. The van der Waals surface area contributed by atoms with Gasteiger partial charge in [0.1, 0.15) is 18.2 Å². The van der Waals surface area contributed by atoms with Gasteiger partial charge in [0, 0.05) is 6.07 Å². The highest BCUT2D eigenvalue weighted by atomic mass is 19.1. The smallest absolute Gasteiger partial charge is 0.273 e. The predicted octanol–water partition coefficient (Wildman–Crippen LogP) is 1.99. The predicted molar refractivity (Wildman–Crippen MR) is 82.5 cm³/mol. The summed E-state index contributed by atoms with van der Waals surface area (Å²) in [5.41, 5.74) is -0.496. The zero-order valence-corrected chi connectivity index (χ0v) is 12.9. The summed E-state index contributed by atoms with van der Waals surface area (Å²) >= 11 is 0. The number of para-hydroxylation sites is 1. The second-order valence-corrected chi connectivity index (χ2v) is 4.97. The van der Waals surface area contributed by atoms with E-state index in [1.54, 1.807) is 0 Å². The summed E-state index contributed by atoms with van der Waals surface area (Å²) in [4.78, 5) is 19.4. The number of carbonyl (C=O) groups excluding carboxylic acids is 1. The Hall–Kier alpha value is -3.36. The molecule has 7 nitrogen and oxygen atoms in total. The molecule has 2 aromatic heterocycles. The van der Waals surface area contributed by atoms with E-state index in [4.69, 9.17) is 4.74 Å². The third-order valence-electron chi connectivity index (χ3n) is 3.13. The zero-order valence-electron chi connectivity index (χ0n) is 12.9. The van der Waals surface area contributed by atoms with Crippen molar-refractivity contribution >= 4 is 5.91 Å². The molecule has 25 heavy (non-hydrogen) atoms. The van der Waals surface area contributed by atoms with E-state index in [1.807, 2.05) is 30.3 Å². The van der Waals surface area contributed by atoms with Crippen molar-refractivity contribution in [2.24, 2.45) is 0 Å². The number of carbonyl (C=O) groups is 1. The van der Waals surface area contributed by atoms with Gasteiger partial charge in [-0.2, -0.15) is 5.10 Å². The Morgan fingerprint density at radius 3 is 2.80 bits per heavy atom. The normalized spacial score (nSPS) is 10.5. The standard InChI is InChI=1S/C16H13F2N5O2/c17-10-6-12(18)15(19-7-10)16(24)20-8-13-21-14(23-22-13)9-25-11-4-2-1-3-5-11/h1-7H,8-9H2,(H,20,24)(H,21,22,23). The molecule has 0 saturated carbocycles. The van der Waals surface area contributed by atoms with E-state index in [9.17, 15) is 13.6 Å². The Bertz CT molecular complexity index is 870. The van der Waals surface area contributed by atoms with Crippen molar-refractivity contribution < 1.29 is 18.3 Å². The number of ether oxygens (including phenoxy) is 1. The van der Waals surface area contributed by atoms with Gasteiger partial charge in [-0.3, -0.25) is 9.89 Å². The molecule has 128 valence electrons. The number of hydrogen-bond acceptors (Lipinski definition) is 5. The highest BCUT2D eigenvalue weighted by Gasteiger charge is 2.15. The molecule has 0 aliphatic rings. The maximum Gasteiger partial charge on any atom is 0.273 e. The number of H-pyrrole nitrogens is 1. The molecule has 9 heteroatoms. The van der Waals surface area contributed by atoms with Crippen LogP contribution in [0, 0.1) is 11.6 Å². The monoisotopic (exact) mass is 345 g/mol. The summed E-state index contributed by atoms with van der Waals surface area (Å²) in [6.07, 6.45) is 0.768. The maximum atomic E-state index is 13.5. The van der Waals surface area contributed by atoms with Crippen LogP contribution in [-0.4, -0.2) is 26.1 Å². The van der Waals surface area contributed by atoms with Gasteiger partial charge in [-0.15, -0.1) is 0 Å². The van der Waals surface area contributed by atoms with Gasteiger partial charge in [0.05, 0.1) is 12.7 Å². The summed E-state index contributed by atoms with van der Waals surface area (Å²) in [6, 6.07) is 9.77. The van der Waals surface area contributed by atoms with Crippen LogP contribution in [0.2, 0.25) is 0 Å². The number of pyridine rings is 1. The van der Waals surface area contributed by atoms with Crippen LogP contribution >= 0.6 is 0 Å². The molecule has 0 bridgehead atoms. The van der Waals surface area contributed by atoms with E-state index >= 15 is 0 Å². The van der Waals surface area contributed by atoms with Gasteiger partial charge in [-0.25, -0.2) is 18.7 Å². The number of benzene rings is 1. The van der Waals surface area contributed by atoms with Crippen molar-refractivity contribution in [2.75, 3.05) is 0 Å². The van der Waals surface area contributed by atoms with Crippen molar-refractivity contribution in [3.63, 3.8) is 0 Å². The SMILES string of the molecule is O=C(NCc1n[nH]c(COc2ccccc2)n1)c1ncc(F)cc1F. The third kappa shape index (κ3) is 4.34. The van der Waals surface area contributed by atoms with E-state index in [-0.39, 0.29) is 13.2 Å². The number of nitrogens with zero attached hydrogens (tertiary/aromatic N) is 3. The second-order valence-electron chi connectivity index (χ2n) is 4.97. The van der Waals surface area contributed by atoms with Crippen LogP contribution < -0.4 is 10.1 Å². The summed E-state index contributed by atoms with van der Waals surface area (Å²) < 4.78 is 31.8. The molecule has 2 N–H and O–H groups in total. The lowest BCUT2D eigenvalue weighted by Crippen LogP contribution is -2.25. The first-order chi connectivity index (χ1) is 12.1. The lowest BCUT2D eigenvalue weighted by atomic mass is 10.3. The first-order valence-corrected chi connectivity index (χ1v) is 7.29. The quantitative estimate of drug-likeness (QED) is 0.713. The number of hydrogen-bond donors (Lipinski definition) is 2. The molecular formula is C16H13F2N5O2. The van der Waals surface area contributed by atoms with Gasteiger partial charge < -0.3 is 10.1 Å². The van der Waals surface area contributed by atoms with Crippen LogP contribution in [0.1, 0.15) is 22.1 Å². The van der Waals surface area contributed by atoms with Crippen LogP contribution in [0.15, 0.2) is 42.6 Å². The topological polar surface area (TPSA) is 92.8 Å². The second kappa shape index (κ2) is 7.47. The first kappa shape index (κ1) is 16.5. The highest BCUT2D eigenvalue weighted by molar-refractivity contribution is 5.92. The minimum absolute atomic E-state index is 0.0425. The summed E-state index contributed by atoms with van der Waals surface area (Å²) in [5.74, 6) is -1.23. The number of aromatic amines is 1. The largest absolute Gasteiger partial charge is 0.486 e. The molecule has 2 heterocycles. The van der Waals surface area contributed by atoms with Gasteiger partial charge in [-0.1, -0.05) is 18.2 Å². The van der Waals surface area contributed by atoms with Crippen molar-refractivity contribution in [1.82, 2.24) is 25.5 Å². The maximum absolute atomic E-state index is 13.5. The molecule has 0 aliphatic heterocycles. The van der Waals surface area contributed by atoms with Crippen molar-refractivity contribution in [1.29, 1.82) is 0 Å². The van der Waals surface area contributed by atoms with Gasteiger partial charge in [0.25, 0.3) is 5.91 Å². The van der Waals surface area contributed by atoms with Gasteiger partial charge in [0.2, 0.25) is 0 Å². The fourth-order valence-corrected chi connectivity index (χ4v) is 1.97. The van der Waals surface area contributed by atoms with Crippen LogP contribution in [0.25, 0.3) is 0 Å². The van der Waals surface area contributed by atoms with Crippen LogP contribution in [0.5, 0.6) is 5.75 Å². The van der Waals surface area contributed by atoms with E-state index < -0.39 is 23.2 Å². The zero-order chi connectivity index (χ0) is 17.6. The minimum atomic E-state index is -1.04. The van der Waals surface area contributed by atoms with E-state index in [0.29, 0.717) is 23.5 Å². The Labute approximate surface area is 141 Å². The first-order valence-electron chi connectivity index (χ1n) is 7.29. The van der Waals surface area contributed by atoms with Gasteiger partial charge in [-0.05, 0) is 12.1 Å². The molecule has 0 atom stereocenters. The van der Waals surface area contributed by atoms with E-state index in [2.05, 4.69) is 25.5 Å².